The van der Waals surface area contributed by atoms with Crippen molar-refractivity contribution in [1.82, 2.24) is 9.80 Å². The third-order valence-corrected chi connectivity index (χ3v) is 3.63. The Hall–Kier alpha value is -1.27. The molecule has 1 aliphatic rings. The van der Waals surface area contributed by atoms with Gasteiger partial charge in [0.25, 0.3) is 0 Å². The van der Waals surface area contributed by atoms with Gasteiger partial charge in [0.15, 0.2) is 0 Å². The second-order valence-corrected chi connectivity index (χ2v) is 5.87. The molecule has 5 nitrogen and oxygen atoms in total. The minimum absolute atomic E-state index is 0.212. The van der Waals surface area contributed by atoms with Crippen molar-refractivity contribution in [1.29, 1.82) is 0 Å². The first-order valence-corrected chi connectivity index (χ1v) is 7.36. The zero-order valence-electron chi connectivity index (χ0n) is 12.1. The van der Waals surface area contributed by atoms with Gasteiger partial charge in [0.1, 0.15) is 6.17 Å². The van der Waals surface area contributed by atoms with E-state index in [1.165, 1.54) is 0 Å². The number of hydrogen-bond acceptors (Lipinski definition) is 5. The van der Waals surface area contributed by atoms with Crippen LogP contribution in [0.25, 0.3) is 0 Å². The Morgan fingerprint density at radius 1 is 1.38 bits per heavy atom. The second kappa shape index (κ2) is 7.13. The van der Waals surface area contributed by atoms with Gasteiger partial charge in [-0.05, 0) is 38.4 Å². The summed E-state index contributed by atoms with van der Waals surface area (Å²) in [6, 6.07) is 5.29. The lowest BCUT2D eigenvalue weighted by atomic mass is 10.3. The highest BCUT2D eigenvalue weighted by atomic mass is 35.5. The van der Waals surface area contributed by atoms with E-state index in [4.69, 9.17) is 28.9 Å². The molecule has 1 aromatic carbocycles. The maximum Gasteiger partial charge on any atom is 0.204 e. The molecule has 1 aliphatic heterocycles. The Balaban J connectivity index is 2.15. The van der Waals surface area contributed by atoms with Crippen molar-refractivity contribution in [2.45, 2.75) is 6.17 Å². The van der Waals surface area contributed by atoms with Crippen molar-refractivity contribution in [2.75, 3.05) is 32.5 Å². The molecular formula is C14H19Cl2N5. The molecule has 7 heteroatoms. The molecule has 0 saturated carbocycles. The van der Waals surface area contributed by atoms with Crippen LogP contribution in [0.15, 0.2) is 35.5 Å². The molecule has 1 heterocycles. The van der Waals surface area contributed by atoms with E-state index in [0.29, 0.717) is 16.0 Å². The number of halogens is 2. The van der Waals surface area contributed by atoms with Crippen molar-refractivity contribution in [2.24, 2.45) is 10.7 Å². The molecule has 0 radical (unpaired) electrons. The molecule has 0 spiro atoms. The number of nitrogens with zero attached hydrogens (tertiary/aromatic N) is 3. The van der Waals surface area contributed by atoms with Gasteiger partial charge in [-0.25, -0.2) is 4.99 Å². The van der Waals surface area contributed by atoms with Crippen molar-refractivity contribution < 1.29 is 0 Å². The molecule has 0 saturated heterocycles. The van der Waals surface area contributed by atoms with E-state index >= 15 is 0 Å². The summed E-state index contributed by atoms with van der Waals surface area (Å²) in [7, 11) is 4.04. The summed E-state index contributed by atoms with van der Waals surface area (Å²) >= 11 is 12.1. The van der Waals surface area contributed by atoms with Gasteiger partial charge in [-0.1, -0.05) is 23.2 Å². The number of nitrogens with two attached hydrogens (primary N) is 1. The number of rotatable bonds is 4. The molecule has 2 rings (SSSR count). The fourth-order valence-corrected chi connectivity index (χ4v) is 2.35. The van der Waals surface area contributed by atoms with Crippen LogP contribution in [-0.2, 0) is 0 Å². The third kappa shape index (κ3) is 4.35. The number of likely N-dealkylation sites (N-methyl/N-ethyl adjacent to an activating group) is 1. The van der Waals surface area contributed by atoms with Crippen molar-refractivity contribution in [3.05, 3.63) is 40.5 Å². The van der Waals surface area contributed by atoms with E-state index < -0.39 is 0 Å². The maximum absolute atomic E-state index is 6.18. The number of benzene rings is 1. The Morgan fingerprint density at radius 2 is 2.14 bits per heavy atom. The van der Waals surface area contributed by atoms with Gasteiger partial charge in [-0.15, -0.1) is 0 Å². The summed E-state index contributed by atoms with van der Waals surface area (Å²) in [5.41, 5.74) is 6.86. The molecule has 1 aromatic rings. The van der Waals surface area contributed by atoms with Gasteiger partial charge in [0, 0.05) is 24.3 Å². The van der Waals surface area contributed by atoms with Gasteiger partial charge >= 0.3 is 0 Å². The summed E-state index contributed by atoms with van der Waals surface area (Å²) in [5, 5.41) is 4.35. The number of anilines is 1. The largest absolute Gasteiger partial charge is 0.325 e. The zero-order valence-corrected chi connectivity index (χ0v) is 13.6. The van der Waals surface area contributed by atoms with Gasteiger partial charge < -0.3 is 20.9 Å². The van der Waals surface area contributed by atoms with Crippen LogP contribution in [0.1, 0.15) is 0 Å². The lowest BCUT2D eigenvalue weighted by Gasteiger charge is -2.33. The van der Waals surface area contributed by atoms with E-state index in [2.05, 4.69) is 15.2 Å². The Kier molecular flexibility index (Phi) is 5.47. The van der Waals surface area contributed by atoms with E-state index in [0.717, 1.165) is 18.8 Å². The van der Waals surface area contributed by atoms with Crippen LogP contribution in [0.2, 0.25) is 10.0 Å². The van der Waals surface area contributed by atoms with E-state index in [1.807, 2.05) is 31.1 Å². The van der Waals surface area contributed by atoms with E-state index in [-0.39, 0.29) is 6.17 Å². The molecular weight excluding hydrogens is 309 g/mol. The predicted octanol–water partition coefficient (Wildman–Crippen LogP) is 2.44. The Morgan fingerprint density at radius 3 is 2.81 bits per heavy atom. The van der Waals surface area contributed by atoms with Crippen LogP contribution in [0.4, 0.5) is 5.69 Å². The quantitative estimate of drug-likeness (QED) is 0.891. The van der Waals surface area contributed by atoms with Crippen molar-refractivity contribution >= 4 is 34.8 Å². The smallest absolute Gasteiger partial charge is 0.204 e. The van der Waals surface area contributed by atoms with Crippen LogP contribution in [-0.4, -0.2) is 49.1 Å². The predicted molar refractivity (Wildman–Crippen MR) is 89.9 cm³/mol. The first-order chi connectivity index (χ1) is 9.97. The SMILES string of the molecule is CN(C)CCN1C(Nc2ccc(Cl)cc2Cl)=NC=CC1N. The van der Waals surface area contributed by atoms with Crippen LogP contribution in [0.3, 0.4) is 0 Å². The molecule has 1 unspecified atom stereocenters. The topological polar surface area (TPSA) is 56.9 Å². The molecule has 114 valence electrons. The first-order valence-electron chi connectivity index (χ1n) is 6.61. The summed E-state index contributed by atoms with van der Waals surface area (Å²) in [6.45, 7) is 1.63. The highest BCUT2D eigenvalue weighted by Gasteiger charge is 2.20. The lowest BCUT2D eigenvalue weighted by Crippen LogP contribution is -2.51. The second-order valence-electron chi connectivity index (χ2n) is 5.03. The minimum atomic E-state index is -0.212. The standard InChI is InChI=1S/C14H19Cl2N5/c1-20(2)7-8-21-13(17)5-6-18-14(21)19-12-4-3-10(15)9-11(12)16/h3-6,9,13H,7-8,17H2,1-2H3,(H,18,19). The number of hydrogen-bond donors (Lipinski definition) is 2. The van der Waals surface area contributed by atoms with Gasteiger partial charge in [-0.2, -0.15) is 0 Å². The molecule has 0 bridgehead atoms. The maximum atomic E-state index is 6.18. The fourth-order valence-electron chi connectivity index (χ4n) is 1.90. The highest BCUT2D eigenvalue weighted by molar-refractivity contribution is 6.36. The molecule has 0 aliphatic carbocycles. The molecule has 0 aromatic heterocycles. The molecule has 21 heavy (non-hydrogen) atoms. The average molecular weight is 328 g/mol. The van der Waals surface area contributed by atoms with Crippen LogP contribution in [0, 0.1) is 0 Å². The Labute approximate surface area is 135 Å². The van der Waals surface area contributed by atoms with Crippen LogP contribution >= 0.6 is 23.2 Å². The molecule has 1 atom stereocenters. The average Bonchev–Trinajstić information content (AvgIpc) is 2.41. The molecule has 3 N–H and O–H groups in total. The van der Waals surface area contributed by atoms with Gasteiger partial charge in [0.2, 0.25) is 5.96 Å². The molecule has 0 amide bonds. The van der Waals surface area contributed by atoms with Gasteiger partial charge in [-0.3, -0.25) is 0 Å². The summed E-state index contributed by atoms with van der Waals surface area (Å²) < 4.78 is 0. The van der Waals surface area contributed by atoms with Crippen LogP contribution < -0.4 is 11.1 Å². The first kappa shape index (κ1) is 16.1. The van der Waals surface area contributed by atoms with Crippen LogP contribution in [0.5, 0.6) is 0 Å². The normalized spacial score (nSPS) is 18.1. The number of guanidine groups is 1. The number of aliphatic imine (C=N–C) groups is 1. The monoisotopic (exact) mass is 327 g/mol. The van der Waals surface area contributed by atoms with Crippen molar-refractivity contribution in [3.8, 4) is 0 Å². The summed E-state index contributed by atoms with van der Waals surface area (Å²) in [4.78, 5) is 8.45. The molecule has 0 fully saturated rings. The Bertz CT molecular complexity index is 556. The van der Waals surface area contributed by atoms with E-state index in [1.54, 1.807) is 18.3 Å². The minimum Gasteiger partial charge on any atom is -0.325 e. The van der Waals surface area contributed by atoms with Crippen molar-refractivity contribution in [3.63, 3.8) is 0 Å². The fraction of sp³-hybridized carbons (Fsp3) is 0.357. The third-order valence-electron chi connectivity index (χ3n) is 3.08. The summed E-state index contributed by atoms with van der Waals surface area (Å²) in [5.74, 6) is 0.677. The lowest BCUT2D eigenvalue weighted by molar-refractivity contribution is 0.299. The number of nitrogens with one attached hydrogen (secondary N) is 1. The summed E-state index contributed by atoms with van der Waals surface area (Å²) in [6.07, 6.45) is 3.34. The van der Waals surface area contributed by atoms with E-state index in [9.17, 15) is 0 Å². The highest BCUT2D eigenvalue weighted by Crippen LogP contribution is 2.26. The van der Waals surface area contributed by atoms with Gasteiger partial charge in [0.05, 0.1) is 10.7 Å². The zero-order chi connectivity index (χ0) is 15.4.